The highest BCUT2D eigenvalue weighted by Gasteiger charge is 2.17. The quantitative estimate of drug-likeness (QED) is 0.211. The van der Waals surface area contributed by atoms with E-state index in [1.54, 1.807) is 13.0 Å². The van der Waals surface area contributed by atoms with Crippen LogP contribution >= 0.6 is 35.2 Å². The van der Waals surface area contributed by atoms with E-state index in [0.29, 0.717) is 17.0 Å². The zero-order valence-electron chi connectivity index (χ0n) is 17.1. The molecule has 0 unspecified atom stereocenters. The number of halogens is 1. The summed E-state index contributed by atoms with van der Waals surface area (Å²) in [5, 5.41) is 29.2. The lowest BCUT2D eigenvalue weighted by Crippen LogP contribution is -2.25. The molecule has 1 heterocycles. The Balaban J connectivity index is 1.45. The fourth-order valence-electron chi connectivity index (χ4n) is 3.65. The number of benzene rings is 2. The number of aromatic hydroxyl groups is 1. The Morgan fingerprint density at radius 1 is 1.16 bits per heavy atom. The summed E-state index contributed by atoms with van der Waals surface area (Å²) in [6.07, 6.45) is 3.39. The van der Waals surface area contributed by atoms with Crippen LogP contribution in [-0.2, 0) is 12.8 Å². The van der Waals surface area contributed by atoms with Crippen molar-refractivity contribution in [1.29, 1.82) is 0 Å². The average Bonchev–Trinajstić information content (AvgIpc) is 3.37. The summed E-state index contributed by atoms with van der Waals surface area (Å²) in [6, 6.07) is 10.8. The number of carbonyl (C=O) groups is 1. The van der Waals surface area contributed by atoms with Crippen molar-refractivity contribution in [2.24, 2.45) is 5.10 Å². The Labute approximate surface area is 199 Å². The first-order chi connectivity index (χ1) is 15.3. The highest BCUT2D eigenvalue weighted by atomic mass is 35.5. The van der Waals surface area contributed by atoms with E-state index >= 15 is 0 Å². The molecule has 32 heavy (non-hydrogen) atoms. The fraction of sp³-hybridized carbons (Fsp3) is 0.174. The number of aryl methyl sites for hydroxylation is 2. The summed E-state index contributed by atoms with van der Waals surface area (Å²) in [5.74, 6) is -0.900. The molecule has 2 aromatic carbocycles. The van der Waals surface area contributed by atoms with Gasteiger partial charge in [0.1, 0.15) is 5.75 Å². The number of carboxylic acids is 1. The molecule has 0 spiro atoms. The Kier molecular flexibility index (Phi) is 6.45. The minimum Gasteiger partial charge on any atom is -0.506 e. The molecule has 164 valence electrons. The summed E-state index contributed by atoms with van der Waals surface area (Å²) in [6.45, 7) is 1.78. The summed E-state index contributed by atoms with van der Waals surface area (Å²) < 4.78 is 0. The molecule has 1 aliphatic rings. The number of carboxylic acid groups (broad SMARTS) is 1. The molecule has 0 aliphatic heterocycles. The third kappa shape index (κ3) is 4.62. The van der Waals surface area contributed by atoms with Gasteiger partial charge in [-0.05, 0) is 79.4 Å². The van der Waals surface area contributed by atoms with Gasteiger partial charge in [0.15, 0.2) is 5.11 Å². The third-order valence-corrected chi connectivity index (χ3v) is 6.82. The highest BCUT2D eigenvalue weighted by Crippen LogP contribution is 2.40. The molecule has 1 aromatic heterocycles. The molecule has 6 nitrogen and oxygen atoms in total. The van der Waals surface area contributed by atoms with Crippen LogP contribution in [0.2, 0.25) is 5.02 Å². The number of thiophene rings is 1. The van der Waals surface area contributed by atoms with Crippen LogP contribution < -0.4 is 10.7 Å². The standard InChI is InChI=1S/C23H20ClN3O3S2/c1-12(26-27-23(31)25-16-7-8-17(22(29)30)19(24)10-16)18-11-32-21(20(18)28)15-6-5-13-3-2-4-14(13)9-15/h5-11,28H,2-4H2,1H3,(H,29,30)(H2,25,27,31)/b26-12+. The van der Waals surface area contributed by atoms with Crippen LogP contribution in [0.5, 0.6) is 5.75 Å². The predicted molar refractivity (Wildman–Crippen MR) is 133 cm³/mol. The van der Waals surface area contributed by atoms with Crippen molar-refractivity contribution < 1.29 is 15.0 Å². The Hall–Kier alpha value is -2.94. The van der Waals surface area contributed by atoms with E-state index in [9.17, 15) is 9.90 Å². The minimum absolute atomic E-state index is 0.0112. The van der Waals surface area contributed by atoms with Gasteiger partial charge in [-0.15, -0.1) is 11.3 Å². The molecule has 9 heteroatoms. The normalized spacial score (nSPS) is 13.0. The number of rotatable bonds is 5. The van der Waals surface area contributed by atoms with E-state index in [0.717, 1.165) is 23.3 Å². The minimum atomic E-state index is -1.10. The second kappa shape index (κ2) is 9.28. The van der Waals surface area contributed by atoms with Crippen LogP contribution in [0.4, 0.5) is 5.69 Å². The van der Waals surface area contributed by atoms with Crippen molar-refractivity contribution in [3.63, 3.8) is 0 Å². The maximum absolute atomic E-state index is 11.1. The Bertz CT molecular complexity index is 1250. The van der Waals surface area contributed by atoms with Gasteiger partial charge in [0.2, 0.25) is 0 Å². The van der Waals surface area contributed by atoms with Crippen molar-refractivity contribution >= 4 is 57.6 Å². The van der Waals surface area contributed by atoms with Gasteiger partial charge in [-0.1, -0.05) is 23.7 Å². The molecule has 0 saturated heterocycles. The first-order valence-corrected chi connectivity index (χ1v) is 11.6. The fourth-order valence-corrected chi connectivity index (χ4v) is 5.07. The van der Waals surface area contributed by atoms with Crippen LogP contribution in [0.3, 0.4) is 0 Å². The van der Waals surface area contributed by atoms with Gasteiger partial charge in [0, 0.05) is 11.1 Å². The lowest BCUT2D eigenvalue weighted by Gasteiger charge is -2.09. The molecule has 4 N–H and O–H groups in total. The van der Waals surface area contributed by atoms with Gasteiger partial charge in [-0.3, -0.25) is 5.43 Å². The lowest BCUT2D eigenvalue weighted by molar-refractivity contribution is 0.0697. The van der Waals surface area contributed by atoms with Crippen molar-refractivity contribution in [2.45, 2.75) is 26.2 Å². The highest BCUT2D eigenvalue weighted by molar-refractivity contribution is 7.80. The van der Waals surface area contributed by atoms with Crippen molar-refractivity contribution in [1.82, 2.24) is 5.43 Å². The molecule has 3 aromatic rings. The van der Waals surface area contributed by atoms with Gasteiger partial charge in [-0.2, -0.15) is 5.10 Å². The van der Waals surface area contributed by atoms with E-state index in [-0.39, 0.29) is 21.4 Å². The number of hydrogen-bond donors (Lipinski definition) is 4. The topological polar surface area (TPSA) is 94.0 Å². The predicted octanol–water partition coefficient (Wildman–Crippen LogP) is 5.67. The number of aromatic carboxylic acids is 1. The van der Waals surface area contributed by atoms with E-state index < -0.39 is 5.97 Å². The number of anilines is 1. The van der Waals surface area contributed by atoms with Crippen molar-refractivity contribution in [3.05, 3.63) is 69.1 Å². The molecule has 4 rings (SSSR count). The number of hydrogen-bond acceptors (Lipinski definition) is 5. The van der Waals surface area contributed by atoms with Crippen LogP contribution in [0.1, 0.15) is 40.4 Å². The van der Waals surface area contributed by atoms with Crippen molar-refractivity contribution in [2.75, 3.05) is 5.32 Å². The number of thiocarbonyl (C=S) groups is 1. The number of fused-ring (bicyclic) bond motifs is 1. The average molecular weight is 486 g/mol. The number of nitrogens with one attached hydrogen (secondary N) is 2. The zero-order valence-corrected chi connectivity index (χ0v) is 19.5. The SMILES string of the molecule is C/C(=N\NC(=S)Nc1ccc(C(=O)O)c(Cl)c1)c1csc(-c2ccc3c(c2)CCC3)c1O. The van der Waals surface area contributed by atoms with Gasteiger partial charge in [0.05, 0.1) is 26.7 Å². The molecule has 0 bridgehead atoms. The third-order valence-electron chi connectivity index (χ3n) is 5.30. The summed E-state index contributed by atoms with van der Waals surface area (Å²) in [5.41, 5.74) is 8.26. The molecule has 0 radical (unpaired) electrons. The molecule has 0 fully saturated rings. The maximum Gasteiger partial charge on any atom is 0.337 e. The van der Waals surface area contributed by atoms with E-state index in [2.05, 4.69) is 34.0 Å². The Morgan fingerprint density at radius 2 is 1.94 bits per heavy atom. The molecular weight excluding hydrogens is 466 g/mol. The number of nitrogens with zero attached hydrogens (tertiary/aromatic N) is 1. The maximum atomic E-state index is 11.1. The smallest absolute Gasteiger partial charge is 0.337 e. The van der Waals surface area contributed by atoms with Gasteiger partial charge < -0.3 is 15.5 Å². The lowest BCUT2D eigenvalue weighted by atomic mass is 10.0. The van der Waals surface area contributed by atoms with Gasteiger partial charge in [0.25, 0.3) is 0 Å². The summed E-state index contributed by atoms with van der Waals surface area (Å²) in [7, 11) is 0. The largest absolute Gasteiger partial charge is 0.506 e. The molecular formula is C23H20ClN3O3S2. The second-order valence-corrected chi connectivity index (χ2v) is 9.12. The van der Waals surface area contributed by atoms with Crippen LogP contribution in [0.25, 0.3) is 10.4 Å². The molecule has 0 saturated carbocycles. The van der Waals surface area contributed by atoms with Crippen LogP contribution in [-0.4, -0.2) is 27.0 Å². The van der Waals surface area contributed by atoms with Crippen LogP contribution in [0.15, 0.2) is 46.9 Å². The molecule has 0 atom stereocenters. The summed E-state index contributed by atoms with van der Waals surface area (Å²) >= 11 is 12.7. The van der Waals surface area contributed by atoms with E-state index in [1.165, 1.54) is 41.0 Å². The van der Waals surface area contributed by atoms with E-state index in [4.69, 9.17) is 28.9 Å². The molecule has 1 aliphatic carbocycles. The van der Waals surface area contributed by atoms with Crippen LogP contribution in [0, 0.1) is 0 Å². The number of hydrazone groups is 1. The first-order valence-electron chi connectivity index (χ1n) is 9.90. The zero-order chi connectivity index (χ0) is 22.8. The monoisotopic (exact) mass is 485 g/mol. The van der Waals surface area contributed by atoms with Crippen molar-refractivity contribution in [3.8, 4) is 16.2 Å². The first kappa shape index (κ1) is 22.3. The second-order valence-electron chi connectivity index (χ2n) is 7.43. The summed E-state index contributed by atoms with van der Waals surface area (Å²) in [4.78, 5) is 11.9. The molecule has 0 amide bonds. The Morgan fingerprint density at radius 3 is 2.69 bits per heavy atom. The van der Waals surface area contributed by atoms with Gasteiger partial charge in [-0.25, -0.2) is 4.79 Å². The van der Waals surface area contributed by atoms with E-state index in [1.807, 2.05) is 5.38 Å². The van der Waals surface area contributed by atoms with Gasteiger partial charge >= 0.3 is 5.97 Å².